The lowest BCUT2D eigenvalue weighted by Gasteiger charge is -2.07. The summed E-state index contributed by atoms with van der Waals surface area (Å²) in [5.41, 5.74) is 2.64. The third kappa shape index (κ3) is 1.47. The lowest BCUT2D eigenvalue weighted by Crippen LogP contribution is -1.93. The number of benzene rings is 1. The second-order valence-corrected chi connectivity index (χ2v) is 2.80. The van der Waals surface area contributed by atoms with Crippen LogP contribution in [0.1, 0.15) is 21.5 Å². The van der Waals surface area contributed by atoms with Gasteiger partial charge < -0.3 is 4.74 Å². The number of carbonyl (C=O) groups is 1. The molecule has 0 unspecified atom stereocenters. The molecule has 12 heavy (non-hydrogen) atoms. The fourth-order valence-corrected chi connectivity index (χ4v) is 1.19. The highest BCUT2D eigenvalue weighted by atomic mass is 16.5. The van der Waals surface area contributed by atoms with Crippen LogP contribution < -0.4 is 4.74 Å². The fraction of sp³-hybridized carbons (Fsp3) is 0.300. The van der Waals surface area contributed by atoms with Crippen molar-refractivity contribution >= 4 is 6.29 Å². The van der Waals surface area contributed by atoms with E-state index in [1.165, 1.54) is 0 Å². The summed E-state index contributed by atoms with van der Waals surface area (Å²) in [6, 6.07) is 3.77. The second-order valence-electron chi connectivity index (χ2n) is 2.80. The number of carbonyl (C=O) groups excluding carboxylic acids is 1. The van der Waals surface area contributed by atoms with Gasteiger partial charge >= 0.3 is 0 Å². The molecule has 0 amide bonds. The van der Waals surface area contributed by atoms with Gasteiger partial charge in [-0.1, -0.05) is 0 Å². The molecule has 1 aromatic rings. The number of hydrogen-bond acceptors (Lipinski definition) is 2. The van der Waals surface area contributed by atoms with Gasteiger partial charge in [-0.3, -0.25) is 4.79 Å². The summed E-state index contributed by atoms with van der Waals surface area (Å²) in [5, 5.41) is 0. The average molecular weight is 164 g/mol. The van der Waals surface area contributed by atoms with Crippen molar-refractivity contribution in [2.45, 2.75) is 13.8 Å². The Labute approximate surface area is 72.2 Å². The van der Waals surface area contributed by atoms with Crippen LogP contribution in [0.4, 0.5) is 0 Å². The number of hydrogen-bond donors (Lipinski definition) is 0. The van der Waals surface area contributed by atoms with E-state index >= 15 is 0 Å². The second kappa shape index (κ2) is 3.39. The highest BCUT2D eigenvalue weighted by molar-refractivity contribution is 5.79. The summed E-state index contributed by atoms with van der Waals surface area (Å²) in [6.45, 7) is 3.82. The van der Waals surface area contributed by atoms with Gasteiger partial charge in [0.25, 0.3) is 0 Å². The summed E-state index contributed by atoms with van der Waals surface area (Å²) in [5.74, 6) is 0.775. The fourth-order valence-electron chi connectivity index (χ4n) is 1.19. The van der Waals surface area contributed by atoms with Crippen LogP contribution in [0.5, 0.6) is 5.75 Å². The summed E-state index contributed by atoms with van der Waals surface area (Å²) < 4.78 is 5.11. The number of aryl methyl sites for hydroxylation is 1. The number of methoxy groups -OCH3 is 1. The van der Waals surface area contributed by atoms with E-state index in [9.17, 15) is 4.79 Å². The molecule has 1 aromatic carbocycles. The molecule has 2 heteroatoms. The van der Waals surface area contributed by atoms with Crippen molar-refractivity contribution in [1.82, 2.24) is 0 Å². The molecule has 0 aliphatic heterocycles. The third-order valence-corrected chi connectivity index (χ3v) is 1.89. The van der Waals surface area contributed by atoms with Crippen molar-refractivity contribution in [3.8, 4) is 5.75 Å². The number of aldehydes is 1. The summed E-state index contributed by atoms with van der Waals surface area (Å²) >= 11 is 0. The Morgan fingerprint density at radius 1 is 1.33 bits per heavy atom. The van der Waals surface area contributed by atoms with Gasteiger partial charge in [-0.25, -0.2) is 0 Å². The minimum absolute atomic E-state index is 0.701. The van der Waals surface area contributed by atoms with Crippen LogP contribution in [0.3, 0.4) is 0 Å². The summed E-state index contributed by atoms with van der Waals surface area (Å²) in [7, 11) is 1.61. The zero-order valence-corrected chi connectivity index (χ0v) is 7.55. The van der Waals surface area contributed by atoms with Crippen molar-refractivity contribution < 1.29 is 9.53 Å². The quantitative estimate of drug-likeness (QED) is 0.626. The topological polar surface area (TPSA) is 26.3 Å². The Kier molecular flexibility index (Phi) is 2.48. The molecule has 0 heterocycles. The summed E-state index contributed by atoms with van der Waals surface area (Å²) in [4.78, 5) is 10.6. The number of ether oxygens (including phenoxy) is 1. The van der Waals surface area contributed by atoms with Gasteiger partial charge in [0.1, 0.15) is 12.0 Å². The van der Waals surface area contributed by atoms with Gasteiger partial charge in [0, 0.05) is 11.1 Å². The van der Waals surface area contributed by atoms with Crippen LogP contribution >= 0.6 is 0 Å². The van der Waals surface area contributed by atoms with E-state index in [2.05, 4.69) is 0 Å². The lowest BCUT2D eigenvalue weighted by atomic mass is 10.1. The third-order valence-electron chi connectivity index (χ3n) is 1.89. The Morgan fingerprint density at radius 2 is 2.00 bits per heavy atom. The van der Waals surface area contributed by atoms with Crippen LogP contribution in [0, 0.1) is 13.8 Å². The molecule has 0 atom stereocenters. The standard InChI is InChI=1S/C10H12O2/c1-7-4-9(6-11)8(2)10(5-7)12-3/h4-6H,1-3H3. The van der Waals surface area contributed by atoms with E-state index in [-0.39, 0.29) is 0 Å². The molecule has 0 saturated carbocycles. The van der Waals surface area contributed by atoms with Gasteiger partial charge in [0.2, 0.25) is 0 Å². The maximum Gasteiger partial charge on any atom is 0.150 e. The molecule has 1 rings (SSSR count). The Bertz CT molecular complexity index is 303. The van der Waals surface area contributed by atoms with E-state index in [0.717, 1.165) is 23.2 Å². The molecule has 0 N–H and O–H groups in total. The first-order valence-electron chi connectivity index (χ1n) is 3.79. The van der Waals surface area contributed by atoms with Crippen molar-refractivity contribution in [3.63, 3.8) is 0 Å². The first kappa shape index (κ1) is 8.78. The first-order chi connectivity index (χ1) is 5.69. The molecule has 0 saturated heterocycles. The minimum atomic E-state index is 0.701. The molecular weight excluding hydrogens is 152 g/mol. The van der Waals surface area contributed by atoms with Gasteiger partial charge in [-0.2, -0.15) is 0 Å². The van der Waals surface area contributed by atoms with E-state index in [0.29, 0.717) is 5.56 Å². The highest BCUT2D eigenvalue weighted by Crippen LogP contribution is 2.21. The average Bonchev–Trinajstić information content (AvgIpc) is 2.08. The zero-order valence-electron chi connectivity index (χ0n) is 7.55. The Balaban J connectivity index is 3.31. The van der Waals surface area contributed by atoms with Crippen LogP contribution in [0.25, 0.3) is 0 Å². The molecule has 0 radical (unpaired) electrons. The molecule has 0 fully saturated rings. The molecular formula is C10H12O2. The van der Waals surface area contributed by atoms with Crippen LogP contribution in [-0.4, -0.2) is 13.4 Å². The van der Waals surface area contributed by atoms with Gasteiger partial charge in [-0.05, 0) is 31.5 Å². The predicted octanol–water partition coefficient (Wildman–Crippen LogP) is 2.12. The molecule has 0 spiro atoms. The molecule has 2 nitrogen and oxygen atoms in total. The molecule has 0 aliphatic rings. The van der Waals surface area contributed by atoms with Crippen molar-refractivity contribution in [1.29, 1.82) is 0 Å². The van der Waals surface area contributed by atoms with E-state index < -0.39 is 0 Å². The van der Waals surface area contributed by atoms with Crippen LogP contribution in [0.15, 0.2) is 12.1 Å². The Hall–Kier alpha value is -1.31. The maximum atomic E-state index is 10.6. The minimum Gasteiger partial charge on any atom is -0.496 e. The van der Waals surface area contributed by atoms with Gasteiger partial charge in [-0.15, -0.1) is 0 Å². The van der Waals surface area contributed by atoms with Crippen molar-refractivity contribution in [2.24, 2.45) is 0 Å². The maximum absolute atomic E-state index is 10.6. The number of rotatable bonds is 2. The summed E-state index contributed by atoms with van der Waals surface area (Å²) in [6.07, 6.45) is 0.852. The molecule has 0 aromatic heterocycles. The van der Waals surface area contributed by atoms with Crippen molar-refractivity contribution in [3.05, 3.63) is 28.8 Å². The zero-order chi connectivity index (χ0) is 9.14. The lowest BCUT2D eigenvalue weighted by molar-refractivity contribution is 0.112. The van der Waals surface area contributed by atoms with Crippen molar-refractivity contribution in [2.75, 3.05) is 7.11 Å². The van der Waals surface area contributed by atoms with Crippen LogP contribution in [0.2, 0.25) is 0 Å². The van der Waals surface area contributed by atoms with Gasteiger partial charge in [0.15, 0.2) is 0 Å². The smallest absolute Gasteiger partial charge is 0.150 e. The van der Waals surface area contributed by atoms with Crippen LogP contribution in [-0.2, 0) is 0 Å². The van der Waals surface area contributed by atoms with Gasteiger partial charge in [0.05, 0.1) is 7.11 Å². The molecule has 0 aliphatic carbocycles. The largest absolute Gasteiger partial charge is 0.496 e. The molecule has 64 valence electrons. The van der Waals surface area contributed by atoms with E-state index in [1.54, 1.807) is 7.11 Å². The molecule has 0 bridgehead atoms. The Morgan fingerprint density at radius 3 is 2.50 bits per heavy atom. The normalized spacial score (nSPS) is 9.58. The first-order valence-corrected chi connectivity index (χ1v) is 3.79. The SMILES string of the molecule is COc1cc(C)cc(C=O)c1C. The van der Waals surface area contributed by atoms with E-state index in [4.69, 9.17) is 4.74 Å². The highest BCUT2D eigenvalue weighted by Gasteiger charge is 2.04. The monoisotopic (exact) mass is 164 g/mol. The predicted molar refractivity (Wildman–Crippen MR) is 47.9 cm³/mol. The van der Waals surface area contributed by atoms with E-state index in [1.807, 2.05) is 26.0 Å².